The molecule has 112 valence electrons. The predicted molar refractivity (Wildman–Crippen MR) is 93.5 cm³/mol. The zero-order valence-electron chi connectivity index (χ0n) is 13.3. The van der Waals surface area contributed by atoms with E-state index >= 15 is 0 Å². The van der Waals surface area contributed by atoms with Gasteiger partial charge in [-0.05, 0) is 51.9 Å². The molecule has 0 aliphatic rings. The van der Waals surface area contributed by atoms with E-state index in [-0.39, 0.29) is 5.54 Å². The van der Waals surface area contributed by atoms with E-state index in [1.54, 1.807) is 0 Å². The van der Waals surface area contributed by atoms with Crippen molar-refractivity contribution in [2.24, 2.45) is 0 Å². The molecule has 0 saturated heterocycles. The number of rotatable bonds is 6. The van der Waals surface area contributed by atoms with Crippen LogP contribution in [0.15, 0.2) is 35.3 Å². The van der Waals surface area contributed by atoms with Gasteiger partial charge in [-0.2, -0.15) is 0 Å². The molecule has 0 heterocycles. The van der Waals surface area contributed by atoms with Crippen LogP contribution >= 0.6 is 15.9 Å². The fraction of sp³-hybridized carbons (Fsp3) is 0.529. The molecule has 0 saturated carbocycles. The Kier molecular flexibility index (Phi) is 6.28. The molecule has 0 spiro atoms. The third-order valence-electron chi connectivity index (χ3n) is 3.38. The van der Waals surface area contributed by atoms with Gasteiger partial charge in [-0.3, -0.25) is 0 Å². The van der Waals surface area contributed by atoms with E-state index in [9.17, 15) is 0 Å². The first-order valence-electron chi connectivity index (χ1n) is 7.22. The SMILES string of the molecule is C=CCN(c1cc(Br)ccc1C(C)NCC)C(C)(C)C. The summed E-state index contributed by atoms with van der Waals surface area (Å²) in [6.45, 7) is 16.8. The Morgan fingerprint density at radius 3 is 2.55 bits per heavy atom. The van der Waals surface area contributed by atoms with E-state index in [0.29, 0.717) is 6.04 Å². The zero-order chi connectivity index (χ0) is 15.3. The zero-order valence-corrected chi connectivity index (χ0v) is 14.9. The topological polar surface area (TPSA) is 15.3 Å². The summed E-state index contributed by atoms with van der Waals surface area (Å²) in [6.07, 6.45) is 1.97. The van der Waals surface area contributed by atoms with Gasteiger partial charge in [0.25, 0.3) is 0 Å². The van der Waals surface area contributed by atoms with Gasteiger partial charge in [0.2, 0.25) is 0 Å². The molecule has 1 rings (SSSR count). The van der Waals surface area contributed by atoms with Gasteiger partial charge in [0, 0.05) is 28.3 Å². The average Bonchev–Trinajstić information content (AvgIpc) is 2.34. The van der Waals surface area contributed by atoms with Crippen molar-refractivity contribution in [2.45, 2.75) is 46.2 Å². The molecule has 2 nitrogen and oxygen atoms in total. The van der Waals surface area contributed by atoms with E-state index in [4.69, 9.17) is 0 Å². The summed E-state index contributed by atoms with van der Waals surface area (Å²) in [4.78, 5) is 2.40. The van der Waals surface area contributed by atoms with Crippen molar-refractivity contribution in [3.8, 4) is 0 Å². The first-order valence-corrected chi connectivity index (χ1v) is 8.02. The van der Waals surface area contributed by atoms with Crippen LogP contribution in [0.5, 0.6) is 0 Å². The molecule has 0 aliphatic carbocycles. The van der Waals surface area contributed by atoms with Crippen LogP contribution in [-0.4, -0.2) is 18.6 Å². The molecule has 1 aromatic rings. The Morgan fingerprint density at radius 2 is 2.05 bits per heavy atom. The number of halogens is 1. The highest BCUT2D eigenvalue weighted by atomic mass is 79.9. The predicted octanol–water partition coefficient (Wildman–Crippen LogP) is 4.91. The molecule has 0 amide bonds. The molecule has 1 atom stereocenters. The smallest absolute Gasteiger partial charge is 0.0433 e. The molecular weight excluding hydrogens is 312 g/mol. The molecule has 3 heteroatoms. The standard InChI is InChI=1S/C17H27BrN2/c1-7-11-20(17(4,5)6)16-12-14(18)9-10-15(16)13(3)19-8-2/h7,9-10,12-13,19H,1,8,11H2,2-6H3. The highest BCUT2D eigenvalue weighted by molar-refractivity contribution is 9.10. The Hall–Kier alpha value is -0.800. The molecule has 20 heavy (non-hydrogen) atoms. The fourth-order valence-corrected chi connectivity index (χ4v) is 2.74. The van der Waals surface area contributed by atoms with Crippen LogP contribution in [0.3, 0.4) is 0 Å². The lowest BCUT2D eigenvalue weighted by Gasteiger charge is -2.39. The van der Waals surface area contributed by atoms with Crippen LogP contribution < -0.4 is 10.2 Å². The molecule has 0 fully saturated rings. The Bertz CT molecular complexity index is 449. The molecule has 1 unspecified atom stereocenters. The Balaban J connectivity index is 3.31. The molecule has 0 radical (unpaired) electrons. The lowest BCUT2D eigenvalue weighted by atomic mass is 9.99. The van der Waals surface area contributed by atoms with Gasteiger partial charge < -0.3 is 10.2 Å². The van der Waals surface area contributed by atoms with Crippen molar-refractivity contribution in [3.63, 3.8) is 0 Å². The Labute approximate surface area is 132 Å². The number of nitrogens with one attached hydrogen (secondary N) is 1. The third-order valence-corrected chi connectivity index (χ3v) is 3.87. The van der Waals surface area contributed by atoms with Gasteiger partial charge >= 0.3 is 0 Å². The van der Waals surface area contributed by atoms with Gasteiger partial charge in [-0.25, -0.2) is 0 Å². The maximum absolute atomic E-state index is 3.90. The highest BCUT2D eigenvalue weighted by Crippen LogP contribution is 2.33. The number of hydrogen-bond acceptors (Lipinski definition) is 2. The van der Waals surface area contributed by atoms with Crippen LogP contribution in [0.25, 0.3) is 0 Å². The summed E-state index contributed by atoms with van der Waals surface area (Å²) in [5, 5.41) is 3.50. The summed E-state index contributed by atoms with van der Waals surface area (Å²) in [7, 11) is 0. The van der Waals surface area contributed by atoms with Gasteiger partial charge in [-0.15, -0.1) is 6.58 Å². The van der Waals surface area contributed by atoms with Crippen LogP contribution in [-0.2, 0) is 0 Å². The monoisotopic (exact) mass is 338 g/mol. The largest absolute Gasteiger partial charge is 0.363 e. The van der Waals surface area contributed by atoms with Crippen molar-refractivity contribution >= 4 is 21.6 Å². The second kappa shape index (κ2) is 7.28. The fourth-order valence-electron chi connectivity index (χ4n) is 2.40. The Morgan fingerprint density at radius 1 is 1.40 bits per heavy atom. The normalized spacial score (nSPS) is 13.1. The average molecular weight is 339 g/mol. The van der Waals surface area contributed by atoms with E-state index in [0.717, 1.165) is 17.6 Å². The minimum absolute atomic E-state index is 0.0513. The maximum atomic E-state index is 3.90. The summed E-state index contributed by atoms with van der Waals surface area (Å²) in [6, 6.07) is 6.85. The maximum Gasteiger partial charge on any atom is 0.0433 e. The van der Waals surface area contributed by atoms with E-state index in [2.05, 4.69) is 85.5 Å². The summed E-state index contributed by atoms with van der Waals surface area (Å²) >= 11 is 3.60. The van der Waals surface area contributed by atoms with Crippen molar-refractivity contribution < 1.29 is 0 Å². The minimum Gasteiger partial charge on any atom is -0.363 e. The first-order chi connectivity index (χ1) is 9.31. The van der Waals surface area contributed by atoms with Crippen molar-refractivity contribution in [2.75, 3.05) is 18.0 Å². The lowest BCUT2D eigenvalue weighted by molar-refractivity contribution is 0.515. The summed E-state index contributed by atoms with van der Waals surface area (Å²) in [5.41, 5.74) is 2.64. The van der Waals surface area contributed by atoms with Gasteiger partial charge in [0.1, 0.15) is 0 Å². The van der Waals surface area contributed by atoms with Crippen LogP contribution in [0, 0.1) is 0 Å². The molecule has 0 bridgehead atoms. The summed E-state index contributed by atoms with van der Waals surface area (Å²) < 4.78 is 1.11. The second-order valence-electron chi connectivity index (χ2n) is 6.05. The number of nitrogens with zero attached hydrogens (tertiary/aromatic N) is 1. The van der Waals surface area contributed by atoms with E-state index < -0.39 is 0 Å². The number of benzene rings is 1. The quantitative estimate of drug-likeness (QED) is 0.741. The number of anilines is 1. The van der Waals surface area contributed by atoms with Gasteiger partial charge in [0.05, 0.1) is 0 Å². The van der Waals surface area contributed by atoms with Crippen molar-refractivity contribution in [1.82, 2.24) is 5.32 Å². The van der Waals surface area contributed by atoms with E-state index in [1.807, 2.05) is 6.08 Å². The number of hydrogen-bond donors (Lipinski definition) is 1. The van der Waals surface area contributed by atoms with Gasteiger partial charge in [-0.1, -0.05) is 35.0 Å². The summed E-state index contributed by atoms with van der Waals surface area (Å²) in [5.74, 6) is 0. The first kappa shape index (κ1) is 17.3. The van der Waals surface area contributed by atoms with Crippen LogP contribution in [0.4, 0.5) is 5.69 Å². The van der Waals surface area contributed by atoms with E-state index in [1.165, 1.54) is 11.3 Å². The molecule has 1 N–H and O–H groups in total. The molecule has 1 aromatic carbocycles. The minimum atomic E-state index is 0.0513. The van der Waals surface area contributed by atoms with Crippen LogP contribution in [0.1, 0.15) is 46.2 Å². The molecular formula is C17H27BrN2. The van der Waals surface area contributed by atoms with Crippen LogP contribution in [0.2, 0.25) is 0 Å². The molecule has 0 aliphatic heterocycles. The third kappa shape index (κ3) is 4.35. The van der Waals surface area contributed by atoms with Gasteiger partial charge in [0.15, 0.2) is 0 Å². The lowest BCUT2D eigenvalue weighted by Crippen LogP contribution is -2.42. The van der Waals surface area contributed by atoms with Crippen molar-refractivity contribution in [3.05, 3.63) is 40.9 Å². The van der Waals surface area contributed by atoms with Crippen molar-refractivity contribution in [1.29, 1.82) is 0 Å². The second-order valence-corrected chi connectivity index (χ2v) is 6.97. The molecule has 0 aromatic heterocycles. The highest BCUT2D eigenvalue weighted by Gasteiger charge is 2.24.